The van der Waals surface area contributed by atoms with E-state index in [2.05, 4.69) is 15.3 Å². The summed E-state index contributed by atoms with van der Waals surface area (Å²) in [7, 11) is 0. The monoisotopic (exact) mass is 353 g/mol. The Bertz CT molecular complexity index is 685. The molecular weight excluding hydrogens is 322 g/mol. The van der Waals surface area contributed by atoms with Gasteiger partial charge in [-0.05, 0) is 59.8 Å². The van der Waals surface area contributed by atoms with Crippen molar-refractivity contribution >= 4 is 6.09 Å². The third-order valence-electron chi connectivity index (χ3n) is 3.53. The highest BCUT2D eigenvalue weighted by atomic mass is 16.6. The van der Waals surface area contributed by atoms with Crippen LogP contribution in [0, 0.1) is 12.3 Å². The maximum Gasteiger partial charge on any atom is 0.408 e. The Morgan fingerprint density at radius 2 is 1.76 bits per heavy atom. The van der Waals surface area contributed by atoms with E-state index in [4.69, 9.17) is 4.74 Å². The van der Waals surface area contributed by atoms with Gasteiger partial charge < -0.3 is 20.1 Å². The Labute approximate surface area is 149 Å². The maximum atomic E-state index is 12.1. The number of aryl methyl sites for hydroxylation is 1. The normalized spacial score (nSPS) is 12.8. The number of aromatic hydroxyl groups is 1. The third-order valence-corrected chi connectivity index (χ3v) is 3.53. The average Bonchev–Trinajstić information content (AvgIpc) is 2.28. The number of nitrogens with one attached hydrogen (secondary N) is 2. The highest BCUT2D eigenvalue weighted by Gasteiger charge is 2.33. The van der Waals surface area contributed by atoms with Gasteiger partial charge in [-0.15, -0.1) is 0 Å². The largest absolute Gasteiger partial charge is 0.493 e. The van der Waals surface area contributed by atoms with Crippen molar-refractivity contribution in [1.82, 2.24) is 15.3 Å². The molecule has 0 radical (unpaired) electrons. The number of ether oxygens (including phenoxy) is 1. The van der Waals surface area contributed by atoms with Crippen LogP contribution in [0.3, 0.4) is 0 Å². The van der Waals surface area contributed by atoms with Gasteiger partial charge in [-0.1, -0.05) is 13.8 Å². The Hall–Kier alpha value is -2.05. The van der Waals surface area contributed by atoms with Crippen LogP contribution in [0.1, 0.15) is 66.3 Å². The molecule has 1 aromatic heterocycles. The van der Waals surface area contributed by atoms with Gasteiger partial charge in [-0.3, -0.25) is 4.79 Å². The van der Waals surface area contributed by atoms with Gasteiger partial charge in [0.15, 0.2) is 0 Å². The molecular formula is C18H31N3O4. The highest BCUT2D eigenvalue weighted by Crippen LogP contribution is 2.32. The molecule has 0 aliphatic rings. The van der Waals surface area contributed by atoms with E-state index in [0.717, 1.165) is 0 Å². The van der Waals surface area contributed by atoms with Crippen molar-refractivity contribution in [2.24, 2.45) is 5.41 Å². The Morgan fingerprint density at radius 3 is 2.24 bits per heavy atom. The van der Waals surface area contributed by atoms with Crippen LogP contribution in [0.2, 0.25) is 0 Å². The van der Waals surface area contributed by atoms with E-state index >= 15 is 0 Å². The first-order chi connectivity index (χ1) is 11.1. The van der Waals surface area contributed by atoms with Crippen molar-refractivity contribution < 1.29 is 14.6 Å². The Kier molecular flexibility index (Phi) is 5.93. The molecule has 0 spiro atoms. The molecule has 1 heterocycles. The lowest BCUT2D eigenvalue weighted by molar-refractivity contribution is 0.0446. The number of H-pyrrole nitrogens is 1. The molecule has 25 heavy (non-hydrogen) atoms. The van der Waals surface area contributed by atoms with Crippen molar-refractivity contribution in [3.8, 4) is 5.88 Å². The number of aromatic nitrogens is 2. The Balaban J connectivity index is 2.86. The van der Waals surface area contributed by atoms with E-state index in [1.54, 1.807) is 6.92 Å². The molecule has 0 aromatic carbocycles. The van der Waals surface area contributed by atoms with E-state index in [1.165, 1.54) is 0 Å². The van der Waals surface area contributed by atoms with Gasteiger partial charge >= 0.3 is 6.09 Å². The van der Waals surface area contributed by atoms with Crippen LogP contribution in [0.25, 0.3) is 0 Å². The molecule has 142 valence electrons. The molecule has 0 aliphatic carbocycles. The molecule has 0 saturated carbocycles. The van der Waals surface area contributed by atoms with Crippen molar-refractivity contribution in [2.45, 2.75) is 79.4 Å². The molecule has 0 unspecified atom stereocenters. The van der Waals surface area contributed by atoms with Crippen LogP contribution in [-0.4, -0.2) is 32.3 Å². The van der Waals surface area contributed by atoms with Crippen LogP contribution in [0.5, 0.6) is 5.88 Å². The van der Waals surface area contributed by atoms with Gasteiger partial charge in [0.05, 0.1) is 5.56 Å². The summed E-state index contributed by atoms with van der Waals surface area (Å²) in [5.74, 6) is 0.128. The van der Waals surface area contributed by atoms with Crippen LogP contribution in [-0.2, 0) is 11.2 Å². The average molecular weight is 353 g/mol. The lowest BCUT2D eigenvalue weighted by Gasteiger charge is -2.36. The summed E-state index contributed by atoms with van der Waals surface area (Å²) in [6, 6.07) is 0. The summed E-state index contributed by atoms with van der Waals surface area (Å²) in [4.78, 5) is 30.6. The second kappa shape index (κ2) is 7.06. The standard InChI is InChI=1S/C18H31N3O4/c1-11-19-13(22)12(14(23)20-11)9-17(5,6)10-18(7,8)21-15(24)25-16(2,3)4/h9-10H2,1-8H3,(H,21,24)(H2,19,20,22,23). The molecule has 0 atom stereocenters. The maximum absolute atomic E-state index is 12.1. The zero-order valence-corrected chi connectivity index (χ0v) is 16.5. The molecule has 7 heteroatoms. The fourth-order valence-corrected chi connectivity index (χ4v) is 3.12. The van der Waals surface area contributed by atoms with Crippen LogP contribution in [0.4, 0.5) is 4.79 Å². The summed E-state index contributed by atoms with van der Waals surface area (Å²) < 4.78 is 5.30. The predicted molar refractivity (Wildman–Crippen MR) is 96.8 cm³/mol. The minimum atomic E-state index is -0.567. The molecule has 1 rings (SSSR count). The van der Waals surface area contributed by atoms with Gasteiger partial charge in [-0.2, -0.15) is 0 Å². The van der Waals surface area contributed by atoms with E-state index in [1.807, 2.05) is 48.5 Å². The molecule has 1 aromatic rings. The van der Waals surface area contributed by atoms with Crippen molar-refractivity contribution in [1.29, 1.82) is 0 Å². The van der Waals surface area contributed by atoms with Crippen LogP contribution < -0.4 is 10.9 Å². The van der Waals surface area contributed by atoms with Crippen LogP contribution >= 0.6 is 0 Å². The van der Waals surface area contributed by atoms with Gasteiger partial charge in [-0.25, -0.2) is 9.78 Å². The number of alkyl carbamates (subject to hydrolysis) is 1. The molecule has 0 bridgehead atoms. The highest BCUT2D eigenvalue weighted by molar-refractivity contribution is 5.68. The zero-order chi connectivity index (χ0) is 19.6. The Morgan fingerprint density at radius 1 is 1.20 bits per heavy atom. The van der Waals surface area contributed by atoms with Gasteiger partial charge in [0.1, 0.15) is 11.4 Å². The number of nitrogens with zero attached hydrogens (tertiary/aromatic N) is 1. The first-order valence-corrected chi connectivity index (χ1v) is 8.40. The molecule has 0 aliphatic heterocycles. The number of rotatable bonds is 5. The lowest BCUT2D eigenvalue weighted by atomic mass is 9.76. The second-order valence-electron chi connectivity index (χ2n) is 8.98. The topological polar surface area (TPSA) is 104 Å². The molecule has 1 amide bonds. The summed E-state index contributed by atoms with van der Waals surface area (Å²) >= 11 is 0. The summed E-state index contributed by atoms with van der Waals surface area (Å²) in [6.45, 7) is 14.8. The third kappa shape index (κ3) is 7.15. The number of hydrogen-bond acceptors (Lipinski definition) is 5. The quantitative estimate of drug-likeness (QED) is 0.755. The van der Waals surface area contributed by atoms with Crippen molar-refractivity contribution in [3.63, 3.8) is 0 Å². The molecule has 0 fully saturated rings. The van der Waals surface area contributed by atoms with Gasteiger partial charge in [0.2, 0.25) is 5.88 Å². The smallest absolute Gasteiger partial charge is 0.408 e. The molecule has 0 saturated heterocycles. The van der Waals surface area contributed by atoms with E-state index in [-0.39, 0.29) is 22.4 Å². The van der Waals surface area contributed by atoms with Crippen LogP contribution in [0.15, 0.2) is 4.79 Å². The summed E-state index contributed by atoms with van der Waals surface area (Å²) in [5, 5.41) is 12.9. The van der Waals surface area contributed by atoms with E-state index in [0.29, 0.717) is 18.7 Å². The second-order valence-corrected chi connectivity index (χ2v) is 8.98. The van der Waals surface area contributed by atoms with E-state index in [9.17, 15) is 14.7 Å². The SMILES string of the molecule is Cc1nc(O)c(CC(C)(C)CC(C)(C)NC(=O)OC(C)(C)C)c(=O)[nH]1. The lowest BCUT2D eigenvalue weighted by Crippen LogP contribution is -2.48. The summed E-state index contributed by atoms with van der Waals surface area (Å²) in [5.41, 5.74) is -1.56. The fourth-order valence-electron chi connectivity index (χ4n) is 3.12. The number of carbonyl (C=O) groups is 1. The van der Waals surface area contributed by atoms with E-state index < -0.39 is 17.2 Å². The molecule has 7 nitrogen and oxygen atoms in total. The summed E-state index contributed by atoms with van der Waals surface area (Å²) in [6.07, 6.45) is 0.429. The van der Waals surface area contributed by atoms with Gasteiger partial charge in [0.25, 0.3) is 5.56 Å². The molecule has 3 N–H and O–H groups in total. The first kappa shape index (κ1) is 21.0. The minimum absolute atomic E-state index is 0.243. The number of carbonyl (C=O) groups excluding carboxylic acids is 1. The number of amides is 1. The zero-order valence-electron chi connectivity index (χ0n) is 16.5. The predicted octanol–water partition coefficient (Wildman–Crippen LogP) is 3.05. The number of aromatic amines is 1. The fraction of sp³-hybridized carbons (Fsp3) is 0.722. The number of hydrogen-bond donors (Lipinski definition) is 3. The minimum Gasteiger partial charge on any atom is -0.493 e. The van der Waals surface area contributed by atoms with Crippen molar-refractivity contribution in [3.05, 3.63) is 21.7 Å². The van der Waals surface area contributed by atoms with Crippen molar-refractivity contribution in [2.75, 3.05) is 0 Å². The first-order valence-electron chi connectivity index (χ1n) is 8.40. The van der Waals surface area contributed by atoms with Gasteiger partial charge in [0, 0.05) is 5.54 Å².